The summed E-state index contributed by atoms with van der Waals surface area (Å²) in [4.78, 5) is 14.7. The fraction of sp³-hybridized carbons (Fsp3) is 0.381. The molecule has 1 heterocycles. The second-order valence-corrected chi connectivity index (χ2v) is 9.48. The van der Waals surface area contributed by atoms with E-state index in [9.17, 15) is 13.2 Å². The van der Waals surface area contributed by atoms with E-state index in [1.165, 1.54) is 11.4 Å². The molecule has 1 amide bonds. The highest BCUT2D eigenvalue weighted by atomic mass is 35.5. The molecule has 1 saturated heterocycles. The van der Waals surface area contributed by atoms with Gasteiger partial charge in [-0.2, -0.15) is 4.31 Å². The van der Waals surface area contributed by atoms with Gasteiger partial charge in [-0.05, 0) is 48.7 Å². The van der Waals surface area contributed by atoms with Crippen molar-refractivity contribution in [1.82, 2.24) is 9.21 Å². The zero-order chi connectivity index (χ0) is 21.0. The molecule has 2 aromatic rings. The van der Waals surface area contributed by atoms with E-state index in [2.05, 4.69) is 0 Å². The van der Waals surface area contributed by atoms with E-state index in [4.69, 9.17) is 16.3 Å². The van der Waals surface area contributed by atoms with Crippen LogP contribution in [0.3, 0.4) is 0 Å². The average molecular weight is 437 g/mol. The molecule has 8 heteroatoms. The zero-order valence-electron chi connectivity index (χ0n) is 16.5. The predicted octanol–water partition coefficient (Wildman–Crippen LogP) is 3.41. The second-order valence-electron chi connectivity index (χ2n) is 7.14. The number of hydrogen-bond acceptors (Lipinski definition) is 4. The van der Waals surface area contributed by atoms with E-state index in [1.54, 1.807) is 42.3 Å². The molecule has 0 aliphatic carbocycles. The van der Waals surface area contributed by atoms with E-state index in [0.717, 1.165) is 5.56 Å². The van der Waals surface area contributed by atoms with Crippen molar-refractivity contribution in [3.8, 4) is 5.75 Å². The van der Waals surface area contributed by atoms with Crippen LogP contribution in [0.15, 0.2) is 53.4 Å². The van der Waals surface area contributed by atoms with Crippen molar-refractivity contribution in [3.63, 3.8) is 0 Å². The minimum absolute atomic E-state index is 0.0198. The monoisotopic (exact) mass is 436 g/mol. The molecule has 0 bridgehead atoms. The van der Waals surface area contributed by atoms with Crippen molar-refractivity contribution in [2.75, 3.05) is 27.2 Å². The van der Waals surface area contributed by atoms with Gasteiger partial charge in [0, 0.05) is 37.6 Å². The minimum atomic E-state index is -3.58. The highest BCUT2D eigenvalue weighted by Gasteiger charge is 2.33. The van der Waals surface area contributed by atoms with Gasteiger partial charge < -0.3 is 9.64 Å². The van der Waals surface area contributed by atoms with Crippen LogP contribution in [0.5, 0.6) is 5.75 Å². The molecule has 1 aliphatic rings. The maximum Gasteiger partial charge on any atom is 0.243 e. The van der Waals surface area contributed by atoms with E-state index in [1.807, 2.05) is 18.2 Å². The Bertz CT molecular complexity index is 955. The summed E-state index contributed by atoms with van der Waals surface area (Å²) in [5, 5.41) is 0.632. The Morgan fingerprint density at radius 2 is 1.76 bits per heavy atom. The van der Waals surface area contributed by atoms with Crippen LogP contribution in [-0.2, 0) is 21.4 Å². The van der Waals surface area contributed by atoms with Gasteiger partial charge in [-0.3, -0.25) is 4.79 Å². The molecule has 0 saturated carbocycles. The van der Waals surface area contributed by atoms with Crippen LogP contribution in [0.1, 0.15) is 18.4 Å². The van der Waals surface area contributed by atoms with Gasteiger partial charge in [0.15, 0.2) is 0 Å². The fourth-order valence-electron chi connectivity index (χ4n) is 3.51. The van der Waals surface area contributed by atoms with Gasteiger partial charge in [0.05, 0.1) is 12.0 Å². The first-order chi connectivity index (χ1) is 13.8. The molecular formula is C21H25ClN2O4S. The van der Waals surface area contributed by atoms with Crippen molar-refractivity contribution >= 4 is 27.5 Å². The van der Waals surface area contributed by atoms with Crippen molar-refractivity contribution < 1.29 is 17.9 Å². The number of benzene rings is 2. The first-order valence-corrected chi connectivity index (χ1v) is 11.3. The SMILES string of the molecule is COc1ccc(S(=O)(=O)N2CCC(C(=O)N(C)Cc3ccccc3Cl)CC2)cc1. The Labute approximate surface area is 177 Å². The van der Waals surface area contributed by atoms with Crippen molar-refractivity contribution in [3.05, 3.63) is 59.1 Å². The third kappa shape index (κ3) is 4.91. The second kappa shape index (κ2) is 9.15. The molecule has 3 rings (SSSR count). The van der Waals surface area contributed by atoms with Gasteiger partial charge in [-0.1, -0.05) is 29.8 Å². The number of carbonyl (C=O) groups is 1. The summed E-state index contributed by atoms with van der Waals surface area (Å²) in [5.74, 6) is 0.436. The Morgan fingerprint density at radius 3 is 2.34 bits per heavy atom. The fourth-order valence-corrected chi connectivity index (χ4v) is 5.18. The van der Waals surface area contributed by atoms with Gasteiger partial charge in [0.1, 0.15) is 5.75 Å². The molecular weight excluding hydrogens is 412 g/mol. The van der Waals surface area contributed by atoms with Crippen molar-refractivity contribution in [1.29, 1.82) is 0 Å². The highest BCUT2D eigenvalue weighted by molar-refractivity contribution is 7.89. The Morgan fingerprint density at radius 1 is 1.14 bits per heavy atom. The number of ether oxygens (including phenoxy) is 1. The summed E-state index contributed by atoms with van der Waals surface area (Å²) >= 11 is 6.19. The topological polar surface area (TPSA) is 66.9 Å². The van der Waals surface area contributed by atoms with E-state index in [-0.39, 0.29) is 16.7 Å². The first-order valence-electron chi connectivity index (χ1n) is 9.45. The number of methoxy groups -OCH3 is 1. The zero-order valence-corrected chi connectivity index (χ0v) is 18.1. The smallest absolute Gasteiger partial charge is 0.243 e. The molecule has 6 nitrogen and oxygen atoms in total. The predicted molar refractivity (Wildman–Crippen MR) is 112 cm³/mol. The third-order valence-electron chi connectivity index (χ3n) is 5.24. The summed E-state index contributed by atoms with van der Waals surface area (Å²) in [5.41, 5.74) is 0.893. The van der Waals surface area contributed by atoms with Crippen LogP contribution in [0.25, 0.3) is 0 Å². The van der Waals surface area contributed by atoms with Crippen LogP contribution in [0, 0.1) is 5.92 Å². The van der Waals surface area contributed by atoms with E-state index >= 15 is 0 Å². The largest absolute Gasteiger partial charge is 0.497 e. The van der Waals surface area contributed by atoms with Gasteiger partial charge >= 0.3 is 0 Å². The number of rotatable bonds is 6. The van der Waals surface area contributed by atoms with Crippen LogP contribution < -0.4 is 4.74 Å². The summed E-state index contributed by atoms with van der Waals surface area (Å²) in [6.45, 7) is 1.08. The average Bonchev–Trinajstić information content (AvgIpc) is 2.75. The summed E-state index contributed by atoms with van der Waals surface area (Å²) in [6.07, 6.45) is 1.00. The molecule has 0 atom stereocenters. The molecule has 0 unspecified atom stereocenters. The lowest BCUT2D eigenvalue weighted by atomic mass is 9.96. The quantitative estimate of drug-likeness (QED) is 0.696. The standard InChI is InChI=1S/C21H25ClN2O4S/c1-23(15-17-5-3-4-6-20(17)22)21(25)16-11-13-24(14-12-16)29(26,27)19-9-7-18(28-2)8-10-19/h3-10,16H,11-15H2,1-2H3. The van der Waals surface area contributed by atoms with Crippen LogP contribution >= 0.6 is 11.6 Å². The number of nitrogens with zero attached hydrogens (tertiary/aromatic N) is 2. The molecule has 0 N–H and O–H groups in total. The van der Waals surface area contributed by atoms with Gasteiger partial charge in [0.2, 0.25) is 15.9 Å². The van der Waals surface area contributed by atoms with E-state index < -0.39 is 10.0 Å². The van der Waals surface area contributed by atoms with Crippen LogP contribution in [0.2, 0.25) is 5.02 Å². The first kappa shape index (κ1) is 21.6. The molecule has 0 spiro atoms. The van der Waals surface area contributed by atoms with Crippen molar-refractivity contribution in [2.45, 2.75) is 24.3 Å². The minimum Gasteiger partial charge on any atom is -0.497 e. The maximum absolute atomic E-state index is 12.9. The number of sulfonamides is 1. The van der Waals surface area contributed by atoms with Gasteiger partial charge in [-0.25, -0.2) is 8.42 Å². The molecule has 156 valence electrons. The number of halogens is 1. The third-order valence-corrected chi connectivity index (χ3v) is 7.52. The lowest BCUT2D eigenvalue weighted by Gasteiger charge is -2.32. The van der Waals surface area contributed by atoms with Crippen LogP contribution in [0.4, 0.5) is 0 Å². The molecule has 29 heavy (non-hydrogen) atoms. The van der Waals surface area contributed by atoms with E-state index in [0.29, 0.717) is 43.2 Å². The Balaban J connectivity index is 1.60. The molecule has 1 fully saturated rings. The molecule has 2 aromatic carbocycles. The summed E-state index contributed by atoms with van der Waals surface area (Å²) in [6, 6.07) is 13.8. The van der Waals surface area contributed by atoms with Crippen molar-refractivity contribution in [2.24, 2.45) is 5.92 Å². The molecule has 0 aromatic heterocycles. The van der Waals surface area contributed by atoms with Crippen LogP contribution in [-0.4, -0.2) is 50.8 Å². The lowest BCUT2D eigenvalue weighted by Crippen LogP contribution is -2.43. The Hall–Kier alpha value is -2.09. The highest BCUT2D eigenvalue weighted by Crippen LogP contribution is 2.27. The summed E-state index contributed by atoms with van der Waals surface area (Å²) in [7, 11) is -0.283. The number of hydrogen-bond donors (Lipinski definition) is 0. The number of carbonyl (C=O) groups excluding carboxylic acids is 1. The number of piperidine rings is 1. The van der Waals surface area contributed by atoms with Gasteiger partial charge in [-0.15, -0.1) is 0 Å². The maximum atomic E-state index is 12.9. The normalized spacial score (nSPS) is 15.8. The lowest BCUT2D eigenvalue weighted by molar-refractivity contribution is -0.135. The van der Waals surface area contributed by atoms with Gasteiger partial charge in [0.25, 0.3) is 0 Å². The molecule has 0 radical (unpaired) electrons. The number of amides is 1. The molecule has 1 aliphatic heterocycles. The Kier molecular flexibility index (Phi) is 6.82. The summed E-state index contributed by atoms with van der Waals surface area (Å²) < 4.78 is 32.2.